The summed E-state index contributed by atoms with van der Waals surface area (Å²) in [6.07, 6.45) is 2.18. The summed E-state index contributed by atoms with van der Waals surface area (Å²) in [5.41, 5.74) is 1.10. The Hall–Kier alpha value is -2.04. The third kappa shape index (κ3) is 2.73. The maximum absolute atomic E-state index is 12.5. The van der Waals surface area contributed by atoms with Crippen LogP contribution in [0.15, 0.2) is 24.3 Å². The van der Waals surface area contributed by atoms with Gasteiger partial charge in [-0.1, -0.05) is 12.1 Å². The molecular formula is C16H19NO4. The molecular weight excluding hydrogens is 270 g/mol. The number of benzene rings is 1. The van der Waals surface area contributed by atoms with E-state index in [9.17, 15) is 9.59 Å². The zero-order valence-electron chi connectivity index (χ0n) is 12.1. The van der Waals surface area contributed by atoms with Gasteiger partial charge in [-0.25, -0.2) is 0 Å². The largest absolute Gasteiger partial charge is 0.497 e. The number of hydrogen-bond donors (Lipinski definition) is 0. The standard InChI is InChI=1S/C16H19NO4/c1-20-12-6-4-11(5-7-12)13-3-2-10-17(13)16(19)14-8-9-15(18)21-14/h4-7,13-14H,2-3,8-10H2,1H3. The van der Waals surface area contributed by atoms with Crippen molar-refractivity contribution in [3.63, 3.8) is 0 Å². The maximum Gasteiger partial charge on any atom is 0.306 e. The summed E-state index contributed by atoms with van der Waals surface area (Å²) in [7, 11) is 1.63. The van der Waals surface area contributed by atoms with Gasteiger partial charge in [0.25, 0.3) is 5.91 Å². The van der Waals surface area contributed by atoms with Crippen molar-refractivity contribution < 1.29 is 19.1 Å². The van der Waals surface area contributed by atoms with E-state index in [-0.39, 0.29) is 17.9 Å². The summed E-state index contributed by atoms with van der Waals surface area (Å²) in [5, 5.41) is 0. The Bertz CT molecular complexity index is 540. The predicted octanol–water partition coefficient (Wildman–Crippen LogP) is 2.06. The minimum absolute atomic E-state index is 0.0563. The van der Waals surface area contributed by atoms with Gasteiger partial charge in [0.1, 0.15) is 5.75 Å². The lowest BCUT2D eigenvalue weighted by atomic mass is 10.0. The minimum atomic E-state index is -0.587. The van der Waals surface area contributed by atoms with Crippen LogP contribution in [0.5, 0.6) is 5.75 Å². The second-order valence-corrected chi connectivity index (χ2v) is 5.48. The summed E-state index contributed by atoms with van der Waals surface area (Å²) >= 11 is 0. The van der Waals surface area contributed by atoms with Crippen LogP contribution < -0.4 is 4.74 Å². The van der Waals surface area contributed by atoms with E-state index in [4.69, 9.17) is 9.47 Å². The molecule has 112 valence electrons. The van der Waals surface area contributed by atoms with Gasteiger partial charge in [-0.15, -0.1) is 0 Å². The number of likely N-dealkylation sites (tertiary alicyclic amines) is 1. The smallest absolute Gasteiger partial charge is 0.306 e. The van der Waals surface area contributed by atoms with E-state index >= 15 is 0 Å². The number of cyclic esters (lactones) is 1. The van der Waals surface area contributed by atoms with Gasteiger partial charge >= 0.3 is 5.97 Å². The van der Waals surface area contributed by atoms with Gasteiger partial charge in [0, 0.05) is 19.4 Å². The first kappa shape index (κ1) is 13.9. The van der Waals surface area contributed by atoms with Gasteiger partial charge in [0.2, 0.25) is 0 Å². The second-order valence-electron chi connectivity index (χ2n) is 5.48. The average molecular weight is 289 g/mol. The highest BCUT2D eigenvalue weighted by Gasteiger charge is 2.38. The summed E-state index contributed by atoms with van der Waals surface area (Å²) in [4.78, 5) is 25.6. The van der Waals surface area contributed by atoms with Crippen LogP contribution in [0.25, 0.3) is 0 Å². The molecule has 2 aliphatic rings. The van der Waals surface area contributed by atoms with E-state index in [1.54, 1.807) is 7.11 Å². The number of hydrogen-bond acceptors (Lipinski definition) is 4. The topological polar surface area (TPSA) is 55.8 Å². The van der Waals surface area contributed by atoms with Gasteiger partial charge in [-0.2, -0.15) is 0 Å². The Morgan fingerprint density at radius 3 is 2.67 bits per heavy atom. The molecule has 2 saturated heterocycles. The van der Waals surface area contributed by atoms with Gasteiger partial charge in [-0.3, -0.25) is 9.59 Å². The molecule has 2 heterocycles. The number of rotatable bonds is 3. The Morgan fingerprint density at radius 2 is 2.05 bits per heavy atom. The number of ether oxygens (including phenoxy) is 2. The zero-order chi connectivity index (χ0) is 14.8. The van der Waals surface area contributed by atoms with Crippen molar-refractivity contribution in [2.45, 2.75) is 37.8 Å². The van der Waals surface area contributed by atoms with Crippen molar-refractivity contribution in [1.82, 2.24) is 4.90 Å². The van der Waals surface area contributed by atoms with E-state index < -0.39 is 6.10 Å². The third-order valence-electron chi connectivity index (χ3n) is 4.20. The molecule has 2 unspecified atom stereocenters. The van der Waals surface area contributed by atoms with Crippen LogP contribution in [0.1, 0.15) is 37.3 Å². The van der Waals surface area contributed by atoms with E-state index in [0.717, 1.165) is 30.7 Å². The van der Waals surface area contributed by atoms with Crippen LogP contribution in [0.2, 0.25) is 0 Å². The van der Waals surface area contributed by atoms with Gasteiger partial charge in [0.15, 0.2) is 6.10 Å². The number of carbonyl (C=O) groups is 2. The number of carbonyl (C=O) groups excluding carboxylic acids is 2. The number of esters is 1. The van der Waals surface area contributed by atoms with Crippen LogP contribution in [-0.4, -0.2) is 36.5 Å². The van der Waals surface area contributed by atoms with Crippen molar-refractivity contribution >= 4 is 11.9 Å². The van der Waals surface area contributed by atoms with Crippen LogP contribution >= 0.6 is 0 Å². The van der Waals surface area contributed by atoms with Crippen LogP contribution in [0.4, 0.5) is 0 Å². The molecule has 1 aromatic rings. The highest BCUT2D eigenvalue weighted by Crippen LogP contribution is 2.34. The third-order valence-corrected chi connectivity index (χ3v) is 4.20. The summed E-state index contributed by atoms with van der Waals surface area (Å²) in [6, 6.07) is 7.88. The number of methoxy groups -OCH3 is 1. The normalized spacial score (nSPS) is 25.0. The van der Waals surface area contributed by atoms with E-state index in [0.29, 0.717) is 12.8 Å². The summed E-state index contributed by atoms with van der Waals surface area (Å²) in [6.45, 7) is 0.726. The Morgan fingerprint density at radius 1 is 1.29 bits per heavy atom. The van der Waals surface area contributed by atoms with Gasteiger partial charge in [-0.05, 0) is 30.5 Å². The molecule has 5 nitrogen and oxygen atoms in total. The van der Waals surface area contributed by atoms with Crippen molar-refractivity contribution in [3.8, 4) is 5.75 Å². The molecule has 2 aliphatic heterocycles. The molecule has 2 fully saturated rings. The first-order valence-corrected chi connectivity index (χ1v) is 7.33. The molecule has 1 amide bonds. The average Bonchev–Trinajstić information content (AvgIpc) is 3.15. The van der Waals surface area contributed by atoms with Gasteiger partial charge in [0.05, 0.1) is 13.2 Å². The van der Waals surface area contributed by atoms with Crippen molar-refractivity contribution in [1.29, 1.82) is 0 Å². The summed E-state index contributed by atoms with van der Waals surface area (Å²) < 4.78 is 10.3. The molecule has 0 spiro atoms. The highest BCUT2D eigenvalue weighted by molar-refractivity contribution is 5.87. The second kappa shape index (κ2) is 5.76. The predicted molar refractivity (Wildman–Crippen MR) is 75.8 cm³/mol. The van der Waals surface area contributed by atoms with Gasteiger partial charge < -0.3 is 14.4 Å². The molecule has 0 N–H and O–H groups in total. The Labute approximate surface area is 123 Å². The molecule has 0 radical (unpaired) electrons. The molecule has 21 heavy (non-hydrogen) atoms. The zero-order valence-corrected chi connectivity index (χ0v) is 12.1. The van der Waals surface area contributed by atoms with E-state index in [1.807, 2.05) is 29.2 Å². The minimum Gasteiger partial charge on any atom is -0.497 e. The molecule has 2 atom stereocenters. The Balaban J connectivity index is 1.75. The first-order valence-electron chi connectivity index (χ1n) is 7.33. The van der Waals surface area contributed by atoms with Crippen molar-refractivity contribution in [3.05, 3.63) is 29.8 Å². The molecule has 5 heteroatoms. The quantitative estimate of drug-likeness (QED) is 0.799. The maximum atomic E-state index is 12.5. The van der Waals surface area contributed by atoms with Crippen molar-refractivity contribution in [2.75, 3.05) is 13.7 Å². The van der Waals surface area contributed by atoms with Crippen molar-refractivity contribution in [2.24, 2.45) is 0 Å². The molecule has 0 bridgehead atoms. The fourth-order valence-corrected chi connectivity index (χ4v) is 3.09. The van der Waals surface area contributed by atoms with E-state index in [1.165, 1.54) is 0 Å². The molecule has 3 rings (SSSR count). The SMILES string of the molecule is COc1ccc(C2CCCN2C(=O)C2CCC(=O)O2)cc1. The lowest BCUT2D eigenvalue weighted by Crippen LogP contribution is -2.38. The molecule has 0 aliphatic carbocycles. The molecule has 0 saturated carbocycles. The molecule has 0 aromatic heterocycles. The number of nitrogens with zero attached hydrogens (tertiary/aromatic N) is 1. The number of amides is 1. The lowest BCUT2D eigenvalue weighted by molar-refractivity contribution is -0.153. The van der Waals surface area contributed by atoms with Crippen LogP contribution in [-0.2, 0) is 14.3 Å². The highest BCUT2D eigenvalue weighted by atomic mass is 16.6. The monoisotopic (exact) mass is 289 g/mol. The fourth-order valence-electron chi connectivity index (χ4n) is 3.09. The summed E-state index contributed by atoms with van der Waals surface area (Å²) in [5.74, 6) is 0.479. The lowest BCUT2D eigenvalue weighted by Gasteiger charge is -2.27. The van der Waals surface area contributed by atoms with E-state index in [2.05, 4.69) is 0 Å². The van der Waals surface area contributed by atoms with Crippen LogP contribution in [0, 0.1) is 0 Å². The molecule has 1 aromatic carbocycles. The van der Waals surface area contributed by atoms with Crippen LogP contribution in [0.3, 0.4) is 0 Å². The fraction of sp³-hybridized carbons (Fsp3) is 0.500. The first-order chi connectivity index (χ1) is 10.2. The Kier molecular flexibility index (Phi) is 3.82.